The first kappa shape index (κ1) is 20.0. The molecule has 0 unspecified atom stereocenters. The van der Waals surface area contributed by atoms with Crippen molar-refractivity contribution < 1.29 is 19.1 Å². The monoisotopic (exact) mass is 368 g/mol. The van der Waals surface area contributed by atoms with Crippen LogP contribution in [0.3, 0.4) is 0 Å². The molecule has 142 valence electrons. The minimum Gasteiger partial charge on any atom is -0.490 e. The molecule has 0 radical (unpaired) electrons. The van der Waals surface area contributed by atoms with Crippen molar-refractivity contribution >= 4 is 17.9 Å². The molecule has 2 amide bonds. The van der Waals surface area contributed by atoms with Crippen LogP contribution < -0.4 is 20.1 Å². The number of hydrogen-bond acceptors (Lipinski definition) is 4. The summed E-state index contributed by atoms with van der Waals surface area (Å²) in [5, 5.41) is 5.20. The Morgan fingerprint density at radius 3 is 2.26 bits per heavy atom. The van der Waals surface area contributed by atoms with Crippen LogP contribution in [0.25, 0.3) is 6.08 Å². The number of benzene rings is 2. The Morgan fingerprint density at radius 1 is 0.963 bits per heavy atom. The second kappa shape index (κ2) is 10.0. The summed E-state index contributed by atoms with van der Waals surface area (Å²) in [6, 6.07) is 14.1. The van der Waals surface area contributed by atoms with E-state index in [-0.39, 0.29) is 11.6 Å². The average Bonchev–Trinajstić information content (AvgIpc) is 2.69. The van der Waals surface area contributed by atoms with Crippen LogP contribution in [0.5, 0.6) is 11.5 Å². The average molecular weight is 368 g/mol. The summed E-state index contributed by atoms with van der Waals surface area (Å²) >= 11 is 0. The molecular weight excluding hydrogens is 344 g/mol. The number of carbonyl (C=O) groups excluding carboxylic acids is 2. The molecule has 27 heavy (non-hydrogen) atoms. The first-order chi connectivity index (χ1) is 13.1. The molecule has 6 nitrogen and oxygen atoms in total. The number of amides is 2. The molecule has 0 aliphatic heterocycles. The Morgan fingerprint density at radius 2 is 1.63 bits per heavy atom. The minimum absolute atomic E-state index is 0.137. The molecule has 0 aromatic heterocycles. The molecule has 2 N–H and O–H groups in total. The van der Waals surface area contributed by atoms with Crippen LogP contribution in [0.15, 0.2) is 54.2 Å². The van der Waals surface area contributed by atoms with Crippen molar-refractivity contribution in [2.45, 2.75) is 13.8 Å². The van der Waals surface area contributed by atoms with E-state index in [1.165, 1.54) is 7.05 Å². The molecule has 0 saturated carbocycles. The standard InChI is InChI=1S/C21H24N2O4/c1-4-26-18-12-11-15(14-19(18)27-5-2)13-17(21(25)22-3)23-20(24)16-9-7-6-8-10-16/h6-14H,4-5H2,1-3H3,(H,22,25)(H,23,24)/b17-13+. The van der Waals surface area contributed by atoms with Gasteiger partial charge in [0.25, 0.3) is 11.8 Å². The molecule has 0 saturated heterocycles. The van der Waals surface area contributed by atoms with Crippen molar-refractivity contribution in [1.29, 1.82) is 0 Å². The number of rotatable bonds is 8. The molecule has 6 heteroatoms. The quantitative estimate of drug-likeness (QED) is 0.702. The first-order valence-corrected chi connectivity index (χ1v) is 8.78. The summed E-state index contributed by atoms with van der Waals surface area (Å²) < 4.78 is 11.2. The van der Waals surface area contributed by atoms with Gasteiger partial charge in [0.15, 0.2) is 11.5 Å². The Labute approximate surface area is 159 Å². The van der Waals surface area contributed by atoms with Crippen molar-refractivity contribution in [2.24, 2.45) is 0 Å². The minimum atomic E-state index is -0.397. The van der Waals surface area contributed by atoms with Gasteiger partial charge in [0.2, 0.25) is 0 Å². The van der Waals surface area contributed by atoms with Crippen LogP contribution in [0.1, 0.15) is 29.8 Å². The second-order valence-corrected chi connectivity index (χ2v) is 5.53. The van der Waals surface area contributed by atoms with Gasteiger partial charge in [-0.1, -0.05) is 24.3 Å². The number of likely N-dealkylation sites (N-methyl/N-ethyl adjacent to an activating group) is 1. The van der Waals surface area contributed by atoms with E-state index < -0.39 is 5.91 Å². The molecule has 0 spiro atoms. The highest BCUT2D eigenvalue weighted by Crippen LogP contribution is 2.29. The lowest BCUT2D eigenvalue weighted by Gasteiger charge is -2.12. The predicted molar refractivity (Wildman–Crippen MR) is 105 cm³/mol. The van der Waals surface area contributed by atoms with Gasteiger partial charge in [0, 0.05) is 12.6 Å². The maximum absolute atomic E-state index is 12.4. The SMILES string of the molecule is CCOc1ccc(/C=C(/NC(=O)c2ccccc2)C(=O)NC)cc1OCC. The summed E-state index contributed by atoms with van der Waals surface area (Å²) in [6.07, 6.45) is 1.60. The molecule has 0 aliphatic rings. The largest absolute Gasteiger partial charge is 0.490 e. The van der Waals surface area contributed by atoms with Crippen LogP contribution in [0.2, 0.25) is 0 Å². The van der Waals surface area contributed by atoms with Crippen molar-refractivity contribution in [3.05, 3.63) is 65.4 Å². The highest BCUT2D eigenvalue weighted by Gasteiger charge is 2.14. The molecular formula is C21H24N2O4. The number of hydrogen-bond donors (Lipinski definition) is 2. The van der Waals surface area contributed by atoms with E-state index in [2.05, 4.69) is 10.6 Å². The first-order valence-electron chi connectivity index (χ1n) is 8.78. The van der Waals surface area contributed by atoms with Crippen LogP contribution >= 0.6 is 0 Å². The lowest BCUT2D eigenvalue weighted by atomic mass is 10.1. The van der Waals surface area contributed by atoms with E-state index in [4.69, 9.17) is 9.47 Å². The molecule has 0 heterocycles. The fourth-order valence-electron chi connectivity index (χ4n) is 2.40. The van der Waals surface area contributed by atoms with Gasteiger partial charge >= 0.3 is 0 Å². The summed E-state index contributed by atoms with van der Waals surface area (Å²) in [4.78, 5) is 24.6. The number of carbonyl (C=O) groups is 2. The van der Waals surface area contributed by atoms with Crippen molar-refractivity contribution in [2.75, 3.05) is 20.3 Å². The fraction of sp³-hybridized carbons (Fsp3) is 0.238. The summed E-state index contributed by atoms with van der Waals surface area (Å²) in [5.74, 6) is 0.456. The number of nitrogens with one attached hydrogen (secondary N) is 2. The number of ether oxygens (including phenoxy) is 2. The van der Waals surface area contributed by atoms with E-state index in [9.17, 15) is 9.59 Å². The smallest absolute Gasteiger partial charge is 0.267 e. The van der Waals surface area contributed by atoms with Gasteiger partial charge in [-0.3, -0.25) is 9.59 Å². The highest BCUT2D eigenvalue weighted by atomic mass is 16.5. The van der Waals surface area contributed by atoms with Crippen molar-refractivity contribution in [3.63, 3.8) is 0 Å². The van der Waals surface area contributed by atoms with Crippen molar-refractivity contribution in [1.82, 2.24) is 10.6 Å². The van der Waals surface area contributed by atoms with Crippen molar-refractivity contribution in [3.8, 4) is 11.5 Å². The third-order valence-corrected chi connectivity index (χ3v) is 3.63. The van der Waals surface area contributed by atoms with E-state index >= 15 is 0 Å². The van der Waals surface area contributed by atoms with Crippen LogP contribution in [-0.4, -0.2) is 32.1 Å². The molecule has 2 aromatic rings. The summed E-state index contributed by atoms with van der Waals surface area (Å²) in [6.45, 7) is 4.78. The van der Waals surface area contributed by atoms with Crippen LogP contribution in [0.4, 0.5) is 0 Å². The molecule has 0 fully saturated rings. The summed E-state index contributed by atoms with van der Waals surface area (Å²) in [5.41, 5.74) is 1.31. The molecule has 2 rings (SSSR count). The third-order valence-electron chi connectivity index (χ3n) is 3.63. The highest BCUT2D eigenvalue weighted by molar-refractivity contribution is 6.05. The normalized spacial score (nSPS) is 10.9. The Bertz CT molecular complexity index is 816. The zero-order chi connectivity index (χ0) is 19.6. The molecule has 0 bridgehead atoms. The lowest BCUT2D eigenvalue weighted by molar-refractivity contribution is -0.117. The van der Waals surface area contributed by atoms with Gasteiger partial charge in [0.05, 0.1) is 13.2 Å². The van der Waals surface area contributed by atoms with E-state index in [0.29, 0.717) is 35.8 Å². The zero-order valence-corrected chi connectivity index (χ0v) is 15.7. The Balaban J connectivity index is 2.33. The predicted octanol–water partition coefficient (Wildman–Crippen LogP) is 3.00. The summed E-state index contributed by atoms with van der Waals surface area (Å²) in [7, 11) is 1.51. The third kappa shape index (κ3) is 5.60. The van der Waals surface area contributed by atoms with E-state index in [1.807, 2.05) is 19.9 Å². The lowest BCUT2D eigenvalue weighted by Crippen LogP contribution is -2.33. The van der Waals surface area contributed by atoms with Gasteiger partial charge in [-0.05, 0) is 49.8 Å². The van der Waals surface area contributed by atoms with Crippen LogP contribution in [0, 0.1) is 0 Å². The zero-order valence-electron chi connectivity index (χ0n) is 15.7. The topological polar surface area (TPSA) is 76.7 Å². The van der Waals surface area contributed by atoms with E-state index in [0.717, 1.165) is 0 Å². The van der Waals surface area contributed by atoms with Gasteiger partial charge in [-0.25, -0.2) is 0 Å². The fourth-order valence-corrected chi connectivity index (χ4v) is 2.40. The van der Waals surface area contributed by atoms with Gasteiger partial charge in [-0.15, -0.1) is 0 Å². The molecule has 0 atom stereocenters. The van der Waals surface area contributed by atoms with Gasteiger partial charge in [-0.2, -0.15) is 0 Å². The molecule has 0 aliphatic carbocycles. The second-order valence-electron chi connectivity index (χ2n) is 5.53. The Kier molecular flexibility index (Phi) is 7.43. The maximum atomic E-state index is 12.4. The van der Waals surface area contributed by atoms with Gasteiger partial charge in [0.1, 0.15) is 5.70 Å². The van der Waals surface area contributed by atoms with E-state index in [1.54, 1.807) is 48.5 Å². The van der Waals surface area contributed by atoms with Gasteiger partial charge < -0.3 is 20.1 Å². The molecule has 2 aromatic carbocycles. The Hall–Kier alpha value is -3.28. The van der Waals surface area contributed by atoms with Crippen LogP contribution in [-0.2, 0) is 4.79 Å². The maximum Gasteiger partial charge on any atom is 0.267 e.